The van der Waals surface area contributed by atoms with Gasteiger partial charge in [0.25, 0.3) is 5.69 Å². The Bertz CT molecular complexity index is 1130. The van der Waals surface area contributed by atoms with Gasteiger partial charge in [-0.05, 0) is 54.1 Å². The number of rotatable bonds is 6. The molecule has 0 saturated carbocycles. The maximum atomic E-state index is 12.7. The normalized spacial score (nSPS) is 14.6. The molecule has 0 N–H and O–H groups in total. The maximum absolute atomic E-state index is 12.7. The second-order valence-electron chi connectivity index (χ2n) is 7.48. The van der Waals surface area contributed by atoms with Crippen LogP contribution in [0.15, 0.2) is 53.9 Å². The summed E-state index contributed by atoms with van der Waals surface area (Å²) in [4.78, 5) is 26.9. The van der Waals surface area contributed by atoms with Crippen LogP contribution in [-0.4, -0.2) is 28.9 Å². The predicted octanol–water partition coefficient (Wildman–Crippen LogP) is 5.57. The van der Waals surface area contributed by atoms with Crippen LogP contribution in [0.25, 0.3) is 0 Å². The molecule has 1 atom stereocenters. The minimum atomic E-state index is -0.510. The van der Waals surface area contributed by atoms with Gasteiger partial charge in [-0.1, -0.05) is 29.8 Å². The van der Waals surface area contributed by atoms with Crippen molar-refractivity contribution in [1.82, 2.24) is 4.90 Å². The zero-order chi connectivity index (χ0) is 22.0. The molecular formula is C23H21ClN2O4S. The van der Waals surface area contributed by atoms with E-state index in [1.54, 1.807) is 18.3 Å². The first-order valence-corrected chi connectivity index (χ1v) is 11.2. The maximum Gasteiger partial charge on any atom is 0.338 e. The molecule has 6 nitrogen and oxygen atoms in total. The van der Waals surface area contributed by atoms with E-state index >= 15 is 0 Å². The molecule has 8 heteroatoms. The van der Waals surface area contributed by atoms with Gasteiger partial charge in [0, 0.05) is 34.6 Å². The monoisotopic (exact) mass is 456 g/mol. The zero-order valence-electron chi connectivity index (χ0n) is 16.9. The number of fused-ring (bicyclic) bond motifs is 1. The number of hydrogen-bond donors (Lipinski definition) is 0. The van der Waals surface area contributed by atoms with E-state index in [0.717, 1.165) is 25.1 Å². The van der Waals surface area contributed by atoms with E-state index in [1.807, 2.05) is 24.3 Å². The quantitative estimate of drug-likeness (QED) is 0.275. The van der Waals surface area contributed by atoms with Gasteiger partial charge in [0.2, 0.25) is 0 Å². The first-order chi connectivity index (χ1) is 14.9. The van der Waals surface area contributed by atoms with Gasteiger partial charge in [-0.15, -0.1) is 11.3 Å². The summed E-state index contributed by atoms with van der Waals surface area (Å²) in [5.41, 5.74) is 2.98. The van der Waals surface area contributed by atoms with E-state index in [1.165, 1.54) is 28.6 Å². The van der Waals surface area contributed by atoms with E-state index in [9.17, 15) is 14.9 Å². The molecule has 0 bridgehead atoms. The van der Waals surface area contributed by atoms with Gasteiger partial charge in [-0.25, -0.2) is 4.79 Å². The van der Waals surface area contributed by atoms with Gasteiger partial charge in [-0.3, -0.25) is 15.0 Å². The molecule has 3 aromatic rings. The molecule has 4 rings (SSSR count). The average molecular weight is 457 g/mol. The van der Waals surface area contributed by atoms with Crippen LogP contribution < -0.4 is 0 Å². The molecule has 1 aliphatic heterocycles. The third kappa shape index (κ3) is 4.63. The van der Waals surface area contributed by atoms with Crippen molar-refractivity contribution in [2.75, 3.05) is 13.2 Å². The fraction of sp³-hybridized carbons (Fsp3) is 0.261. The summed E-state index contributed by atoms with van der Waals surface area (Å²) in [5, 5.41) is 13.8. The standard InChI is InChI=1S/C23H21ClN2O4S/c1-15-12-17(6-7-20(15)26(28)29)23(27)30-14-21(18-4-2-3-5-19(18)24)25-10-8-16-9-11-31-22(16)13-25/h2-7,9,11-12,21H,8,10,13-14H2,1H3. The number of carbonyl (C=O) groups is 1. The van der Waals surface area contributed by atoms with Crippen LogP contribution in [-0.2, 0) is 17.7 Å². The Kier molecular flexibility index (Phi) is 6.36. The molecule has 160 valence electrons. The van der Waals surface area contributed by atoms with E-state index in [4.69, 9.17) is 16.3 Å². The van der Waals surface area contributed by atoms with E-state index in [0.29, 0.717) is 16.1 Å². The lowest BCUT2D eigenvalue weighted by Crippen LogP contribution is -2.36. The fourth-order valence-corrected chi connectivity index (χ4v) is 5.10. The van der Waals surface area contributed by atoms with Crippen LogP contribution in [0.4, 0.5) is 5.69 Å². The van der Waals surface area contributed by atoms with Gasteiger partial charge in [0.15, 0.2) is 0 Å². The SMILES string of the molecule is Cc1cc(C(=O)OCC(c2ccccc2Cl)N2CCc3ccsc3C2)ccc1[N+](=O)[O-]. The van der Waals surface area contributed by atoms with Gasteiger partial charge < -0.3 is 4.74 Å². The van der Waals surface area contributed by atoms with Crippen LogP contribution in [0.1, 0.15) is 38.0 Å². The highest BCUT2D eigenvalue weighted by atomic mass is 35.5. The number of nitrogens with zero attached hydrogens (tertiary/aromatic N) is 2. The first-order valence-electron chi connectivity index (χ1n) is 9.90. The number of carbonyl (C=O) groups excluding carboxylic acids is 1. The van der Waals surface area contributed by atoms with Crippen LogP contribution in [0.5, 0.6) is 0 Å². The lowest BCUT2D eigenvalue weighted by molar-refractivity contribution is -0.385. The summed E-state index contributed by atoms with van der Waals surface area (Å²) in [5.74, 6) is -0.510. The molecule has 2 aromatic carbocycles. The number of benzene rings is 2. The molecule has 0 radical (unpaired) electrons. The molecule has 0 amide bonds. The Balaban J connectivity index is 1.54. The van der Waals surface area contributed by atoms with Crippen molar-refractivity contribution < 1.29 is 14.5 Å². The number of nitro groups is 1. The molecule has 1 aliphatic rings. The third-order valence-corrected chi connectivity index (χ3v) is 6.85. The first kappa shape index (κ1) is 21.5. The Labute approximate surface area is 189 Å². The number of esters is 1. The minimum Gasteiger partial charge on any atom is -0.460 e. The van der Waals surface area contributed by atoms with E-state index < -0.39 is 10.9 Å². The molecule has 1 aromatic heterocycles. The van der Waals surface area contributed by atoms with Crippen molar-refractivity contribution in [2.24, 2.45) is 0 Å². The summed E-state index contributed by atoms with van der Waals surface area (Å²) in [6.07, 6.45) is 0.940. The number of nitro benzene ring substituents is 1. The third-order valence-electron chi connectivity index (χ3n) is 5.56. The Morgan fingerprint density at radius 2 is 2.10 bits per heavy atom. The predicted molar refractivity (Wildman–Crippen MR) is 121 cm³/mol. The minimum absolute atomic E-state index is 0.0226. The number of hydrogen-bond acceptors (Lipinski definition) is 6. The summed E-state index contributed by atoms with van der Waals surface area (Å²) in [7, 11) is 0. The van der Waals surface area contributed by atoms with Gasteiger partial charge >= 0.3 is 5.97 Å². The molecule has 0 aliphatic carbocycles. The largest absolute Gasteiger partial charge is 0.460 e. The smallest absolute Gasteiger partial charge is 0.338 e. The second-order valence-corrected chi connectivity index (χ2v) is 8.89. The van der Waals surface area contributed by atoms with Gasteiger partial charge in [0.05, 0.1) is 16.5 Å². The van der Waals surface area contributed by atoms with Crippen molar-refractivity contribution in [3.05, 3.63) is 96.2 Å². The molecular weight excluding hydrogens is 436 g/mol. The Hall–Kier alpha value is -2.74. The number of halogens is 1. The highest BCUT2D eigenvalue weighted by molar-refractivity contribution is 7.10. The van der Waals surface area contributed by atoms with Crippen molar-refractivity contribution in [2.45, 2.75) is 25.9 Å². The summed E-state index contributed by atoms with van der Waals surface area (Å²) in [6, 6.07) is 13.8. The average Bonchev–Trinajstić information content (AvgIpc) is 3.22. The van der Waals surface area contributed by atoms with E-state index in [2.05, 4.69) is 16.3 Å². The van der Waals surface area contributed by atoms with Gasteiger partial charge in [0.1, 0.15) is 6.61 Å². The fourth-order valence-electron chi connectivity index (χ4n) is 3.88. The van der Waals surface area contributed by atoms with Crippen molar-refractivity contribution in [1.29, 1.82) is 0 Å². The Morgan fingerprint density at radius 1 is 1.29 bits per heavy atom. The second kappa shape index (κ2) is 9.18. The van der Waals surface area contributed by atoms with Crippen molar-refractivity contribution >= 4 is 34.6 Å². The van der Waals surface area contributed by atoms with Crippen LogP contribution in [0, 0.1) is 17.0 Å². The lowest BCUT2D eigenvalue weighted by atomic mass is 10.0. The molecule has 0 saturated heterocycles. The number of thiophene rings is 1. The highest BCUT2D eigenvalue weighted by Gasteiger charge is 2.28. The summed E-state index contributed by atoms with van der Waals surface area (Å²) >= 11 is 8.22. The molecule has 2 heterocycles. The number of aryl methyl sites for hydroxylation is 1. The summed E-state index contributed by atoms with van der Waals surface area (Å²) < 4.78 is 5.67. The Morgan fingerprint density at radius 3 is 2.84 bits per heavy atom. The van der Waals surface area contributed by atoms with Crippen LogP contribution >= 0.6 is 22.9 Å². The van der Waals surface area contributed by atoms with Crippen LogP contribution in [0.3, 0.4) is 0 Å². The molecule has 0 fully saturated rings. The summed E-state index contributed by atoms with van der Waals surface area (Å²) in [6.45, 7) is 3.36. The molecule has 0 spiro atoms. The van der Waals surface area contributed by atoms with Crippen LogP contribution in [0.2, 0.25) is 5.02 Å². The zero-order valence-corrected chi connectivity index (χ0v) is 18.5. The highest BCUT2D eigenvalue weighted by Crippen LogP contribution is 2.34. The lowest BCUT2D eigenvalue weighted by Gasteiger charge is -2.34. The van der Waals surface area contributed by atoms with Crippen molar-refractivity contribution in [3.63, 3.8) is 0 Å². The number of ether oxygens (including phenoxy) is 1. The van der Waals surface area contributed by atoms with E-state index in [-0.39, 0.29) is 18.3 Å². The molecule has 31 heavy (non-hydrogen) atoms. The topological polar surface area (TPSA) is 72.7 Å². The van der Waals surface area contributed by atoms with Crippen molar-refractivity contribution in [3.8, 4) is 0 Å². The van der Waals surface area contributed by atoms with Gasteiger partial charge in [-0.2, -0.15) is 0 Å². The molecule has 1 unspecified atom stereocenters.